The molecule has 3 heteroatoms. The van der Waals surface area contributed by atoms with E-state index in [4.69, 9.17) is 9.47 Å². The standard InChI is InChI=1S/C21H34O3/c1-5-9-12-17-15-18(13-10-6-2)20(24-14-11-7-3)19(16-17)21(22)23-8-4/h15-16H,5-14H2,1-4H3. The van der Waals surface area contributed by atoms with E-state index in [0.717, 1.165) is 62.7 Å². The number of hydrogen-bond donors (Lipinski definition) is 0. The summed E-state index contributed by atoms with van der Waals surface area (Å²) >= 11 is 0. The molecule has 136 valence electrons. The Labute approximate surface area is 147 Å². The van der Waals surface area contributed by atoms with Crippen molar-refractivity contribution in [2.24, 2.45) is 0 Å². The van der Waals surface area contributed by atoms with E-state index in [1.54, 1.807) is 0 Å². The number of ether oxygens (including phenoxy) is 2. The molecule has 0 heterocycles. The summed E-state index contributed by atoms with van der Waals surface area (Å²) in [6, 6.07) is 4.21. The van der Waals surface area contributed by atoms with Gasteiger partial charge in [-0.15, -0.1) is 0 Å². The molecule has 1 rings (SSSR count). The number of benzene rings is 1. The first-order valence-electron chi connectivity index (χ1n) is 9.63. The lowest BCUT2D eigenvalue weighted by Gasteiger charge is -2.17. The minimum absolute atomic E-state index is 0.264. The van der Waals surface area contributed by atoms with E-state index in [0.29, 0.717) is 18.8 Å². The Balaban J connectivity index is 3.20. The number of rotatable bonds is 12. The molecule has 0 N–H and O–H groups in total. The SMILES string of the molecule is CCCCOc1c(CCCC)cc(CCCC)cc1C(=O)OCC. The summed E-state index contributed by atoms with van der Waals surface area (Å²) in [6.07, 6.45) is 8.52. The topological polar surface area (TPSA) is 35.5 Å². The van der Waals surface area contributed by atoms with Crippen molar-refractivity contribution in [3.63, 3.8) is 0 Å². The summed E-state index contributed by atoms with van der Waals surface area (Å²) in [5, 5.41) is 0. The number of hydrogen-bond acceptors (Lipinski definition) is 3. The molecule has 0 spiro atoms. The Hall–Kier alpha value is -1.51. The van der Waals surface area contributed by atoms with Gasteiger partial charge in [0.2, 0.25) is 0 Å². The first kappa shape index (κ1) is 20.5. The van der Waals surface area contributed by atoms with E-state index in [1.165, 1.54) is 5.56 Å². The maximum Gasteiger partial charge on any atom is 0.341 e. The summed E-state index contributed by atoms with van der Waals surface area (Å²) in [5.41, 5.74) is 2.98. The minimum atomic E-state index is -0.264. The number of carbonyl (C=O) groups excluding carboxylic acids is 1. The number of esters is 1. The molecular formula is C21H34O3. The summed E-state index contributed by atoms with van der Waals surface area (Å²) in [7, 11) is 0. The monoisotopic (exact) mass is 334 g/mol. The average Bonchev–Trinajstić information content (AvgIpc) is 2.59. The highest BCUT2D eigenvalue weighted by atomic mass is 16.5. The van der Waals surface area contributed by atoms with Crippen LogP contribution in [-0.4, -0.2) is 19.2 Å². The van der Waals surface area contributed by atoms with Crippen LogP contribution in [0.1, 0.15) is 87.7 Å². The Bertz CT molecular complexity index is 494. The number of carbonyl (C=O) groups is 1. The zero-order valence-electron chi connectivity index (χ0n) is 16.0. The lowest BCUT2D eigenvalue weighted by Crippen LogP contribution is -2.12. The number of unbranched alkanes of at least 4 members (excludes halogenated alkanes) is 3. The predicted molar refractivity (Wildman–Crippen MR) is 100 cm³/mol. The van der Waals surface area contributed by atoms with Crippen molar-refractivity contribution in [2.45, 2.75) is 79.1 Å². The predicted octanol–water partition coefficient (Wildman–Crippen LogP) is 5.73. The second kappa shape index (κ2) is 11.9. The van der Waals surface area contributed by atoms with E-state index in [9.17, 15) is 4.79 Å². The van der Waals surface area contributed by atoms with Crippen molar-refractivity contribution in [3.8, 4) is 5.75 Å². The highest BCUT2D eigenvalue weighted by Gasteiger charge is 2.19. The maximum atomic E-state index is 12.4. The molecule has 0 saturated heterocycles. The van der Waals surface area contributed by atoms with Crippen LogP contribution in [0.5, 0.6) is 5.75 Å². The number of aryl methyl sites for hydroxylation is 2. The third kappa shape index (κ3) is 6.54. The quantitative estimate of drug-likeness (QED) is 0.362. The van der Waals surface area contributed by atoms with Crippen molar-refractivity contribution in [1.82, 2.24) is 0 Å². The molecule has 0 aromatic heterocycles. The van der Waals surface area contributed by atoms with Gasteiger partial charge in [0.15, 0.2) is 0 Å². The molecule has 24 heavy (non-hydrogen) atoms. The lowest BCUT2D eigenvalue weighted by atomic mass is 9.97. The molecule has 0 saturated carbocycles. The molecule has 0 aliphatic rings. The fraction of sp³-hybridized carbons (Fsp3) is 0.667. The van der Waals surface area contributed by atoms with Gasteiger partial charge in [0.25, 0.3) is 0 Å². The van der Waals surface area contributed by atoms with Gasteiger partial charge < -0.3 is 9.47 Å². The Morgan fingerprint density at radius 1 is 0.917 bits per heavy atom. The molecule has 0 aliphatic heterocycles. The summed E-state index contributed by atoms with van der Waals surface area (Å²) in [6.45, 7) is 9.39. The highest BCUT2D eigenvalue weighted by molar-refractivity contribution is 5.93. The van der Waals surface area contributed by atoms with Gasteiger partial charge in [0.05, 0.1) is 13.2 Å². The normalized spacial score (nSPS) is 10.7. The van der Waals surface area contributed by atoms with Gasteiger partial charge in [-0.25, -0.2) is 4.79 Å². The summed E-state index contributed by atoms with van der Waals surface area (Å²) < 4.78 is 11.3. The van der Waals surface area contributed by atoms with E-state index in [2.05, 4.69) is 26.8 Å². The van der Waals surface area contributed by atoms with E-state index >= 15 is 0 Å². The molecule has 0 atom stereocenters. The smallest absolute Gasteiger partial charge is 0.341 e. The van der Waals surface area contributed by atoms with Crippen LogP contribution >= 0.6 is 0 Å². The second-order valence-electron chi connectivity index (χ2n) is 6.26. The highest BCUT2D eigenvalue weighted by Crippen LogP contribution is 2.29. The van der Waals surface area contributed by atoms with Crippen molar-refractivity contribution >= 4 is 5.97 Å². The van der Waals surface area contributed by atoms with Crippen LogP contribution in [0.25, 0.3) is 0 Å². The van der Waals surface area contributed by atoms with Crippen molar-refractivity contribution in [3.05, 3.63) is 28.8 Å². The molecule has 0 unspecified atom stereocenters. The van der Waals surface area contributed by atoms with Gasteiger partial charge >= 0.3 is 5.97 Å². The molecule has 0 fully saturated rings. The van der Waals surface area contributed by atoms with Crippen LogP contribution in [-0.2, 0) is 17.6 Å². The largest absolute Gasteiger partial charge is 0.492 e. The van der Waals surface area contributed by atoms with Gasteiger partial charge in [-0.05, 0) is 56.2 Å². The van der Waals surface area contributed by atoms with E-state index in [-0.39, 0.29) is 5.97 Å². The van der Waals surface area contributed by atoms with Crippen molar-refractivity contribution in [1.29, 1.82) is 0 Å². The molecule has 3 nitrogen and oxygen atoms in total. The third-order valence-corrected chi connectivity index (χ3v) is 4.08. The van der Waals surface area contributed by atoms with Crippen molar-refractivity contribution in [2.75, 3.05) is 13.2 Å². The zero-order chi connectivity index (χ0) is 17.8. The zero-order valence-corrected chi connectivity index (χ0v) is 16.0. The van der Waals surface area contributed by atoms with Gasteiger partial charge in [-0.1, -0.05) is 46.1 Å². The van der Waals surface area contributed by atoms with E-state index < -0.39 is 0 Å². The Morgan fingerprint density at radius 2 is 1.58 bits per heavy atom. The van der Waals surface area contributed by atoms with Crippen molar-refractivity contribution < 1.29 is 14.3 Å². The van der Waals surface area contributed by atoms with Crippen LogP contribution in [0, 0.1) is 0 Å². The first-order valence-corrected chi connectivity index (χ1v) is 9.63. The molecule has 1 aromatic rings. The van der Waals surface area contributed by atoms with Crippen LogP contribution in [0.15, 0.2) is 12.1 Å². The van der Waals surface area contributed by atoms with Crippen LogP contribution in [0.4, 0.5) is 0 Å². The summed E-state index contributed by atoms with van der Waals surface area (Å²) in [4.78, 5) is 12.4. The first-order chi connectivity index (χ1) is 11.7. The second-order valence-corrected chi connectivity index (χ2v) is 6.26. The third-order valence-electron chi connectivity index (χ3n) is 4.08. The van der Waals surface area contributed by atoms with Crippen LogP contribution in [0.3, 0.4) is 0 Å². The summed E-state index contributed by atoms with van der Waals surface area (Å²) in [5.74, 6) is 0.482. The van der Waals surface area contributed by atoms with Gasteiger partial charge in [0, 0.05) is 0 Å². The molecule has 0 amide bonds. The molecule has 0 aliphatic carbocycles. The molecule has 1 aromatic carbocycles. The van der Waals surface area contributed by atoms with Gasteiger partial charge in [-0.2, -0.15) is 0 Å². The van der Waals surface area contributed by atoms with Gasteiger partial charge in [0.1, 0.15) is 11.3 Å². The lowest BCUT2D eigenvalue weighted by molar-refractivity contribution is 0.0521. The fourth-order valence-electron chi connectivity index (χ4n) is 2.68. The molecular weight excluding hydrogens is 300 g/mol. The van der Waals surface area contributed by atoms with E-state index in [1.807, 2.05) is 13.0 Å². The molecule has 0 radical (unpaired) electrons. The van der Waals surface area contributed by atoms with Crippen LogP contribution < -0.4 is 4.74 Å². The fourth-order valence-corrected chi connectivity index (χ4v) is 2.68. The Kier molecular flexibility index (Phi) is 10.2. The maximum absolute atomic E-state index is 12.4. The average molecular weight is 335 g/mol. The van der Waals surface area contributed by atoms with Gasteiger partial charge in [-0.3, -0.25) is 0 Å². The Morgan fingerprint density at radius 3 is 2.21 bits per heavy atom. The van der Waals surface area contributed by atoms with Crippen LogP contribution in [0.2, 0.25) is 0 Å². The minimum Gasteiger partial charge on any atom is -0.492 e. The molecule has 0 bridgehead atoms.